The average molecular weight is 1090 g/mol. The first-order valence-electron chi connectivity index (χ1n) is 19.6. The van der Waals surface area contributed by atoms with Gasteiger partial charge in [0.25, 0.3) is 0 Å². The van der Waals surface area contributed by atoms with Gasteiger partial charge in [0.1, 0.15) is 5.60 Å². The number of fused-ring (bicyclic) bond motifs is 4. The molecule has 0 bridgehead atoms. The molecule has 0 fully saturated rings. The first kappa shape index (κ1) is 44.9. The minimum absolute atomic E-state index is 0.0681. The fraction of sp³-hybridized carbons (Fsp3) is 0.213. The lowest BCUT2D eigenvalue weighted by atomic mass is 9.90. The van der Waals surface area contributed by atoms with Crippen LogP contribution in [0.3, 0.4) is 0 Å². The number of carbonyl (C=O) groups excluding carboxylic acids is 5. The Kier molecular flexibility index (Phi) is 13.6. The van der Waals surface area contributed by atoms with Gasteiger partial charge in [0, 0.05) is 112 Å². The zero-order chi connectivity index (χ0) is 44.5. The molecule has 0 saturated heterocycles. The van der Waals surface area contributed by atoms with Gasteiger partial charge in [0.2, 0.25) is 23.1 Å². The first-order chi connectivity index (χ1) is 29.4. The quantitative estimate of drug-likeness (QED) is 0.0602. The van der Waals surface area contributed by atoms with E-state index in [0.717, 1.165) is 67.2 Å². The molecule has 1 amide bonds. The summed E-state index contributed by atoms with van der Waals surface area (Å²) in [6.07, 6.45) is 6.43. The molecule has 0 radical (unpaired) electrons. The minimum Gasteiger partial charge on any atom is -0.444 e. The molecule has 4 aromatic heterocycles. The summed E-state index contributed by atoms with van der Waals surface area (Å²) in [4.78, 5) is 76.7. The smallest absolute Gasteiger partial charge is 0.407 e. The van der Waals surface area contributed by atoms with E-state index in [2.05, 4.69) is 89.0 Å². The maximum atomic E-state index is 13.2. The van der Waals surface area contributed by atoms with Gasteiger partial charge >= 0.3 is 6.09 Å². The lowest BCUT2D eigenvalue weighted by molar-refractivity contribution is -0.116. The van der Waals surface area contributed by atoms with E-state index in [4.69, 9.17) is 4.74 Å². The summed E-state index contributed by atoms with van der Waals surface area (Å²) in [5, 5.41) is 6.17. The highest BCUT2D eigenvalue weighted by Crippen LogP contribution is 2.33. The molecule has 8 aromatic rings. The van der Waals surface area contributed by atoms with E-state index < -0.39 is 35.0 Å². The Balaban J connectivity index is 0.000000192. The van der Waals surface area contributed by atoms with E-state index in [0.29, 0.717) is 16.5 Å². The Morgan fingerprint density at radius 2 is 0.952 bits per heavy atom. The third kappa shape index (κ3) is 10.2. The number of alkyl carbamates (subject to hydrolysis) is 1. The predicted octanol–water partition coefficient (Wildman–Crippen LogP) is 12.7. The summed E-state index contributed by atoms with van der Waals surface area (Å²) in [6.45, 7) is 7.45. The van der Waals surface area contributed by atoms with Gasteiger partial charge in [-0.05, 0) is 111 Å². The highest BCUT2D eigenvalue weighted by atomic mass is 79.9. The number of nitrogens with one attached hydrogen (secondary N) is 5. The monoisotopic (exact) mass is 1090 g/mol. The van der Waals surface area contributed by atoms with Gasteiger partial charge in [0.05, 0.1) is 11.1 Å². The van der Waals surface area contributed by atoms with E-state index in [1.54, 1.807) is 33.2 Å². The minimum atomic E-state index is -0.652. The molecule has 62 heavy (non-hydrogen) atoms. The van der Waals surface area contributed by atoms with Gasteiger partial charge in [-0.25, -0.2) is 4.79 Å². The fourth-order valence-electron chi connectivity index (χ4n) is 7.45. The molecule has 0 aliphatic heterocycles. The Morgan fingerprint density at radius 1 is 0.565 bits per heavy atom. The van der Waals surface area contributed by atoms with Crippen molar-refractivity contribution in [3.63, 3.8) is 0 Å². The van der Waals surface area contributed by atoms with Crippen LogP contribution in [-0.2, 0) is 14.3 Å². The van der Waals surface area contributed by atoms with Crippen LogP contribution in [-0.4, -0.2) is 61.3 Å². The lowest BCUT2D eigenvalue weighted by Gasteiger charge is -2.22. The number of aromatic nitrogens is 4. The number of benzene rings is 4. The van der Waals surface area contributed by atoms with Gasteiger partial charge in [0.15, 0.2) is 0 Å². The number of hydrogen-bond donors (Lipinski definition) is 5. The molecule has 2 atom stereocenters. The number of halogens is 4. The number of amides is 1. The molecule has 2 unspecified atom stereocenters. The van der Waals surface area contributed by atoms with Crippen LogP contribution < -0.4 is 5.32 Å². The molecule has 0 aliphatic rings. The highest BCUT2D eigenvalue weighted by molar-refractivity contribution is 9.11. The Labute approximate surface area is 390 Å². The molecule has 4 aromatic carbocycles. The average Bonchev–Trinajstić information content (AvgIpc) is 4.03. The van der Waals surface area contributed by atoms with Crippen molar-refractivity contribution in [1.82, 2.24) is 25.3 Å². The maximum absolute atomic E-state index is 13.2. The summed E-state index contributed by atoms with van der Waals surface area (Å²) in [5.41, 5.74) is 5.48. The number of ketones is 4. The summed E-state index contributed by atoms with van der Waals surface area (Å²) >= 11 is 13.8. The summed E-state index contributed by atoms with van der Waals surface area (Å²) in [6, 6.07) is 22.9. The van der Waals surface area contributed by atoms with Crippen LogP contribution >= 0.6 is 63.7 Å². The lowest BCUT2D eigenvalue weighted by Crippen LogP contribution is -2.35. The molecular formula is C47H41Br4N5O6. The highest BCUT2D eigenvalue weighted by Gasteiger charge is 2.28. The molecule has 11 nitrogen and oxygen atoms in total. The SMILES string of the molecule is CC(C)(C)OC(=O)NCC(CC(=O)C(=O)c1c[nH]c2ccc(Br)cc12)c1c[nH]c2ccc(Br)cc12.CC(CC(=O)C(=O)c1c[nH]c2ccc(Br)cc12)c1c[nH]c2ccc(Br)cc12. The number of Topliss-reactive ketones (excluding diaryl/α,β-unsaturated/α-hetero) is 4. The van der Waals surface area contributed by atoms with Gasteiger partial charge in [-0.1, -0.05) is 70.6 Å². The van der Waals surface area contributed by atoms with E-state index in [9.17, 15) is 24.0 Å². The number of carbonyl (C=O) groups is 5. The van der Waals surface area contributed by atoms with E-state index >= 15 is 0 Å². The molecular weight excluding hydrogens is 1050 g/mol. The van der Waals surface area contributed by atoms with Crippen LogP contribution in [0.1, 0.15) is 84.2 Å². The fourth-order valence-corrected chi connectivity index (χ4v) is 8.89. The third-order valence-corrected chi connectivity index (χ3v) is 12.4. The van der Waals surface area contributed by atoms with Crippen LogP contribution in [0, 0.1) is 0 Å². The molecule has 0 spiro atoms. The zero-order valence-corrected chi connectivity index (χ0v) is 40.3. The first-order valence-corrected chi connectivity index (χ1v) is 22.8. The van der Waals surface area contributed by atoms with Crippen molar-refractivity contribution in [2.75, 3.05) is 6.54 Å². The van der Waals surface area contributed by atoms with E-state index in [1.807, 2.05) is 92.1 Å². The molecule has 0 aliphatic carbocycles. The van der Waals surface area contributed by atoms with Crippen LogP contribution in [0.4, 0.5) is 4.79 Å². The number of H-pyrrole nitrogens is 4. The van der Waals surface area contributed by atoms with Gasteiger partial charge in [-0.3, -0.25) is 19.2 Å². The topological polar surface area (TPSA) is 170 Å². The molecule has 5 N–H and O–H groups in total. The second-order valence-electron chi connectivity index (χ2n) is 16.0. The second kappa shape index (κ2) is 18.7. The number of rotatable bonds is 12. The van der Waals surface area contributed by atoms with Crippen molar-refractivity contribution in [2.45, 2.75) is 58.0 Å². The standard InChI is InChI=1S/C26H25Br2N3O4.C21H16Br2N2O2/c1-26(2,3)35-25(34)31-11-14(19-12-29-21-6-4-15(27)9-17(19)21)8-23(32)24(33)20-13-30-22-7-5-16(28)10-18(20)22;1-11(16-9-24-18-4-2-12(22)7-14(16)18)6-20(26)21(27)17-10-25-19-5-3-13(23)8-15(17)19/h4-7,9-10,12-14,29-30H,8,11H2,1-3H3,(H,31,34);2-5,7-11,24-25H,6H2,1H3. The number of aromatic amines is 4. The van der Waals surface area contributed by atoms with Crippen LogP contribution in [0.2, 0.25) is 0 Å². The molecule has 318 valence electrons. The predicted molar refractivity (Wildman–Crippen MR) is 257 cm³/mol. The molecule has 8 rings (SSSR count). The van der Waals surface area contributed by atoms with Crippen molar-refractivity contribution in [1.29, 1.82) is 0 Å². The Hall–Kier alpha value is -5.09. The molecule has 15 heteroatoms. The van der Waals surface area contributed by atoms with Crippen LogP contribution in [0.5, 0.6) is 0 Å². The maximum Gasteiger partial charge on any atom is 0.407 e. The van der Waals surface area contributed by atoms with Crippen molar-refractivity contribution in [3.05, 3.63) is 138 Å². The summed E-state index contributed by atoms with van der Waals surface area (Å²) in [7, 11) is 0. The largest absolute Gasteiger partial charge is 0.444 e. The van der Waals surface area contributed by atoms with Crippen molar-refractivity contribution < 1.29 is 28.7 Å². The van der Waals surface area contributed by atoms with Crippen molar-refractivity contribution >= 4 is 137 Å². The van der Waals surface area contributed by atoms with Gasteiger partial charge < -0.3 is 30.0 Å². The van der Waals surface area contributed by atoms with Crippen LogP contribution in [0.25, 0.3) is 43.6 Å². The molecule has 4 heterocycles. The summed E-state index contributed by atoms with van der Waals surface area (Å²) < 4.78 is 8.91. The summed E-state index contributed by atoms with van der Waals surface area (Å²) in [5.74, 6) is -2.45. The Bertz CT molecular complexity index is 3030. The van der Waals surface area contributed by atoms with Crippen molar-refractivity contribution in [3.8, 4) is 0 Å². The van der Waals surface area contributed by atoms with E-state index in [1.165, 1.54) is 0 Å². The zero-order valence-electron chi connectivity index (χ0n) is 34.0. The van der Waals surface area contributed by atoms with Gasteiger partial charge in [-0.2, -0.15) is 0 Å². The number of hydrogen-bond acceptors (Lipinski definition) is 6. The second-order valence-corrected chi connectivity index (χ2v) is 19.7. The van der Waals surface area contributed by atoms with Crippen LogP contribution in [0.15, 0.2) is 115 Å². The van der Waals surface area contributed by atoms with Gasteiger partial charge in [-0.15, -0.1) is 0 Å². The van der Waals surface area contributed by atoms with Crippen molar-refractivity contribution in [2.24, 2.45) is 0 Å². The van der Waals surface area contributed by atoms with E-state index in [-0.39, 0.29) is 31.1 Å². The Morgan fingerprint density at radius 3 is 1.42 bits per heavy atom. The third-order valence-electron chi connectivity index (χ3n) is 10.4. The number of ether oxygens (including phenoxy) is 1. The molecule has 0 saturated carbocycles. The normalized spacial score (nSPS) is 12.6.